The van der Waals surface area contributed by atoms with E-state index >= 15 is 0 Å². The van der Waals surface area contributed by atoms with E-state index in [4.69, 9.17) is 4.74 Å². The molecule has 160 valence electrons. The molecule has 0 radical (unpaired) electrons. The Morgan fingerprint density at radius 3 is 1.87 bits per heavy atom. The summed E-state index contributed by atoms with van der Waals surface area (Å²) in [5.74, 6) is 2.46. The normalized spacial score (nSPS) is 18.6. The van der Waals surface area contributed by atoms with Crippen molar-refractivity contribution in [1.82, 2.24) is 0 Å². The van der Waals surface area contributed by atoms with E-state index in [1.807, 2.05) is 11.8 Å². The van der Waals surface area contributed by atoms with Crippen LogP contribution in [0.25, 0.3) is 0 Å². The summed E-state index contributed by atoms with van der Waals surface area (Å²) in [6.07, 6.45) is 2.09. The standard InChI is InChI=1S/C24H31N3OS2/c1-3-17-13-19(26-5-9-28-10-6-26)15-21-23(17)25-24-18(4-2)14-20(16-22(24)30-21)27-7-11-29-12-8-27/h13-16,25H,3-12H2,1-2H3. The topological polar surface area (TPSA) is 27.7 Å². The van der Waals surface area contributed by atoms with Crippen LogP contribution >= 0.6 is 23.5 Å². The van der Waals surface area contributed by atoms with Gasteiger partial charge in [-0.1, -0.05) is 25.6 Å². The first kappa shape index (κ1) is 20.4. The van der Waals surface area contributed by atoms with E-state index in [-0.39, 0.29) is 0 Å². The van der Waals surface area contributed by atoms with E-state index < -0.39 is 0 Å². The minimum Gasteiger partial charge on any atom is -0.378 e. The number of nitrogens with one attached hydrogen (secondary N) is 1. The van der Waals surface area contributed by atoms with Crippen LogP contribution in [0, 0.1) is 0 Å². The molecule has 0 aromatic heterocycles. The molecule has 3 heterocycles. The van der Waals surface area contributed by atoms with Crippen LogP contribution in [0.15, 0.2) is 34.1 Å². The van der Waals surface area contributed by atoms with Gasteiger partial charge in [-0.2, -0.15) is 11.8 Å². The lowest BCUT2D eigenvalue weighted by Crippen LogP contribution is -2.36. The number of fused-ring (bicyclic) bond motifs is 2. The van der Waals surface area contributed by atoms with Gasteiger partial charge in [0.15, 0.2) is 0 Å². The third-order valence-electron chi connectivity index (χ3n) is 6.32. The minimum atomic E-state index is 0.824. The Labute approximate surface area is 188 Å². The predicted molar refractivity (Wildman–Crippen MR) is 132 cm³/mol. The lowest BCUT2D eigenvalue weighted by atomic mass is 10.0. The summed E-state index contributed by atoms with van der Waals surface area (Å²) in [4.78, 5) is 7.76. The number of thioether (sulfide) groups is 1. The molecule has 0 amide bonds. The van der Waals surface area contributed by atoms with E-state index in [1.54, 1.807) is 0 Å². The SMILES string of the molecule is CCc1cc(N2CCOCC2)cc2c1Nc1c(CC)cc(N3CCSCC3)cc1S2. The molecule has 0 bridgehead atoms. The fourth-order valence-corrected chi connectivity index (χ4v) is 6.64. The molecule has 0 aliphatic carbocycles. The largest absolute Gasteiger partial charge is 0.378 e. The molecule has 2 saturated heterocycles. The lowest BCUT2D eigenvalue weighted by molar-refractivity contribution is 0.122. The van der Waals surface area contributed by atoms with E-state index in [9.17, 15) is 0 Å². The van der Waals surface area contributed by atoms with E-state index in [2.05, 4.69) is 65.0 Å². The lowest BCUT2D eigenvalue weighted by Gasteiger charge is -2.33. The van der Waals surface area contributed by atoms with Gasteiger partial charge in [-0.3, -0.25) is 0 Å². The molecule has 0 unspecified atom stereocenters. The summed E-state index contributed by atoms with van der Waals surface area (Å²) >= 11 is 4.01. The summed E-state index contributed by atoms with van der Waals surface area (Å²) in [5.41, 5.74) is 8.20. The van der Waals surface area contributed by atoms with E-state index in [0.29, 0.717) is 0 Å². The molecule has 2 fully saturated rings. The number of rotatable bonds is 4. The average molecular weight is 442 g/mol. The Morgan fingerprint density at radius 2 is 1.33 bits per heavy atom. The second kappa shape index (κ2) is 8.93. The van der Waals surface area contributed by atoms with Gasteiger partial charge in [0.05, 0.1) is 24.6 Å². The molecule has 2 aromatic carbocycles. The summed E-state index contributed by atoms with van der Waals surface area (Å²) in [6.45, 7) is 10.5. The average Bonchev–Trinajstić information content (AvgIpc) is 2.82. The van der Waals surface area contributed by atoms with Crippen LogP contribution in [0.5, 0.6) is 0 Å². The molecule has 1 N–H and O–H groups in total. The van der Waals surface area contributed by atoms with Crippen LogP contribution in [-0.2, 0) is 17.6 Å². The Hall–Kier alpha value is -1.50. The molecule has 0 atom stereocenters. The highest BCUT2D eigenvalue weighted by Crippen LogP contribution is 2.50. The van der Waals surface area contributed by atoms with Crippen molar-refractivity contribution in [2.24, 2.45) is 0 Å². The Morgan fingerprint density at radius 1 is 0.800 bits per heavy atom. The minimum absolute atomic E-state index is 0.824. The van der Waals surface area contributed by atoms with Crippen LogP contribution in [-0.4, -0.2) is 50.9 Å². The second-order valence-electron chi connectivity index (χ2n) is 8.09. The number of nitrogens with zero attached hydrogens (tertiary/aromatic N) is 2. The zero-order valence-corrected chi connectivity index (χ0v) is 19.6. The van der Waals surface area contributed by atoms with Crippen molar-refractivity contribution in [3.8, 4) is 0 Å². The molecule has 5 rings (SSSR count). The Balaban J connectivity index is 1.52. The summed E-state index contributed by atoms with van der Waals surface area (Å²) in [6, 6.07) is 9.60. The molecule has 0 saturated carbocycles. The molecule has 6 heteroatoms. The number of anilines is 4. The maximum atomic E-state index is 5.57. The third kappa shape index (κ3) is 3.90. The molecule has 30 heavy (non-hydrogen) atoms. The van der Waals surface area contributed by atoms with Gasteiger partial charge in [0, 0.05) is 58.9 Å². The van der Waals surface area contributed by atoms with Gasteiger partial charge in [-0.05, 0) is 48.2 Å². The maximum absolute atomic E-state index is 5.57. The number of aryl methyl sites for hydroxylation is 2. The van der Waals surface area contributed by atoms with Crippen LogP contribution < -0.4 is 15.1 Å². The van der Waals surface area contributed by atoms with Gasteiger partial charge in [-0.15, -0.1) is 0 Å². The number of hydrogen-bond donors (Lipinski definition) is 1. The molecule has 3 aliphatic heterocycles. The zero-order valence-electron chi connectivity index (χ0n) is 18.0. The first-order valence-corrected chi connectivity index (χ1v) is 13.2. The maximum Gasteiger partial charge on any atom is 0.0642 e. The van der Waals surface area contributed by atoms with Crippen molar-refractivity contribution in [2.45, 2.75) is 36.5 Å². The van der Waals surface area contributed by atoms with Gasteiger partial charge in [0.25, 0.3) is 0 Å². The van der Waals surface area contributed by atoms with Crippen molar-refractivity contribution in [3.63, 3.8) is 0 Å². The smallest absolute Gasteiger partial charge is 0.0642 e. The number of morpholine rings is 1. The molecule has 2 aromatic rings. The van der Waals surface area contributed by atoms with Crippen molar-refractivity contribution < 1.29 is 4.74 Å². The highest BCUT2D eigenvalue weighted by molar-refractivity contribution is 7.99. The number of benzene rings is 2. The first-order valence-electron chi connectivity index (χ1n) is 11.2. The summed E-state index contributed by atoms with van der Waals surface area (Å²) in [5, 5.41) is 3.85. The van der Waals surface area contributed by atoms with Crippen LogP contribution in [0.3, 0.4) is 0 Å². The van der Waals surface area contributed by atoms with Crippen molar-refractivity contribution in [1.29, 1.82) is 0 Å². The molecule has 3 aliphatic rings. The van der Waals surface area contributed by atoms with Gasteiger partial charge >= 0.3 is 0 Å². The quantitative estimate of drug-likeness (QED) is 0.582. The third-order valence-corrected chi connectivity index (χ3v) is 8.35. The summed E-state index contributed by atoms with van der Waals surface area (Å²) in [7, 11) is 0. The van der Waals surface area contributed by atoms with Crippen LogP contribution in [0.4, 0.5) is 22.7 Å². The van der Waals surface area contributed by atoms with Crippen molar-refractivity contribution >= 4 is 46.3 Å². The van der Waals surface area contributed by atoms with Crippen LogP contribution in [0.1, 0.15) is 25.0 Å². The van der Waals surface area contributed by atoms with Gasteiger partial charge in [0.1, 0.15) is 0 Å². The Bertz CT molecular complexity index is 848. The monoisotopic (exact) mass is 441 g/mol. The Kier molecular flexibility index (Phi) is 6.07. The van der Waals surface area contributed by atoms with E-state index in [0.717, 1.165) is 52.2 Å². The van der Waals surface area contributed by atoms with Crippen molar-refractivity contribution in [2.75, 3.05) is 66.0 Å². The van der Waals surface area contributed by atoms with Gasteiger partial charge < -0.3 is 19.9 Å². The number of hydrogen-bond acceptors (Lipinski definition) is 6. The molecular formula is C24H31N3OS2. The predicted octanol–water partition coefficient (Wildman–Crippen LogP) is 5.41. The molecule has 4 nitrogen and oxygen atoms in total. The summed E-state index contributed by atoms with van der Waals surface area (Å²) < 4.78 is 5.57. The highest BCUT2D eigenvalue weighted by Gasteiger charge is 2.25. The van der Waals surface area contributed by atoms with E-state index in [1.165, 1.54) is 55.2 Å². The highest BCUT2D eigenvalue weighted by atomic mass is 32.2. The second-order valence-corrected chi connectivity index (χ2v) is 10.4. The van der Waals surface area contributed by atoms with Crippen molar-refractivity contribution in [3.05, 3.63) is 35.4 Å². The first-order chi connectivity index (χ1) is 14.8. The fourth-order valence-electron chi connectivity index (χ4n) is 4.57. The number of ether oxygens (including phenoxy) is 1. The molecule has 0 spiro atoms. The fraction of sp³-hybridized carbons (Fsp3) is 0.500. The van der Waals surface area contributed by atoms with Gasteiger partial charge in [0.2, 0.25) is 0 Å². The molecular weight excluding hydrogens is 410 g/mol. The zero-order chi connectivity index (χ0) is 20.5. The van der Waals surface area contributed by atoms with Crippen LogP contribution in [0.2, 0.25) is 0 Å². The van der Waals surface area contributed by atoms with Gasteiger partial charge in [-0.25, -0.2) is 0 Å².